The van der Waals surface area contributed by atoms with E-state index in [-0.39, 0.29) is 39.0 Å². The number of furan rings is 1. The van der Waals surface area contributed by atoms with E-state index in [0.29, 0.717) is 5.56 Å². The van der Waals surface area contributed by atoms with Crippen LogP contribution in [-0.2, 0) is 6.42 Å². The zero-order chi connectivity index (χ0) is 26.2. The standard InChI is InChI=1S/C26H18F5NO4/c1-32-24(33)22-19-12-17(14-4-7-20(28)18(10-14)25(34)35)15(8-9-26(29,30)31)11-21(19)36-23(22)13-2-5-16(27)6-3-13/h2-7,10-12H,8-9H2,1H3,(H,32,33)(H,34,35). The normalized spacial score (nSPS) is 11.6. The molecule has 186 valence electrons. The smallest absolute Gasteiger partial charge is 0.389 e. The highest BCUT2D eigenvalue weighted by molar-refractivity contribution is 6.12. The summed E-state index contributed by atoms with van der Waals surface area (Å²) in [6.07, 6.45) is -6.13. The number of carboxylic acid groups (broad SMARTS) is 1. The SMILES string of the molecule is CNC(=O)c1c(-c2ccc(F)cc2)oc2cc(CCC(F)(F)F)c(-c3ccc(F)c(C(=O)O)c3)cc12. The lowest BCUT2D eigenvalue weighted by atomic mass is 9.92. The molecule has 0 atom stereocenters. The molecule has 4 rings (SSSR count). The van der Waals surface area contributed by atoms with Gasteiger partial charge in [-0.1, -0.05) is 6.07 Å². The molecule has 10 heteroatoms. The molecule has 36 heavy (non-hydrogen) atoms. The van der Waals surface area contributed by atoms with Gasteiger partial charge in [-0.05, 0) is 71.6 Å². The lowest BCUT2D eigenvalue weighted by Gasteiger charge is -2.13. The fourth-order valence-electron chi connectivity index (χ4n) is 3.95. The van der Waals surface area contributed by atoms with Crippen LogP contribution in [0, 0.1) is 11.6 Å². The summed E-state index contributed by atoms with van der Waals surface area (Å²) in [5.74, 6) is -3.54. The number of carbonyl (C=O) groups is 2. The summed E-state index contributed by atoms with van der Waals surface area (Å²) in [7, 11) is 1.38. The van der Waals surface area contributed by atoms with Crippen molar-refractivity contribution in [2.45, 2.75) is 19.0 Å². The Balaban J connectivity index is 2.00. The molecule has 0 aliphatic rings. The Morgan fingerprint density at radius 3 is 2.25 bits per heavy atom. The van der Waals surface area contributed by atoms with Crippen molar-refractivity contribution in [3.8, 4) is 22.5 Å². The number of hydrogen-bond donors (Lipinski definition) is 2. The lowest BCUT2D eigenvalue weighted by molar-refractivity contribution is -0.133. The summed E-state index contributed by atoms with van der Waals surface area (Å²) < 4.78 is 72.5. The predicted octanol–water partition coefficient (Wildman–Crippen LogP) is 6.60. The van der Waals surface area contributed by atoms with Gasteiger partial charge >= 0.3 is 12.1 Å². The Bertz CT molecular complexity index is 1470. The highest BCUT2D eigenvalue weighted by Crippen LogP contribution is 2.39. The Morgan fingerprint density at radius 1 is 0.972 bits per heavy atom. The molecule has 0 radical (unpaired) electrons. The van der Waals surface area contributed by atoms with Crippen molar-refractivity contribution < 1.29 is 41.1 Å². The number of carboxylic acids is 1. The van der Waals surface area contributed by atoms with Crippen LogP contribution < -0.4 is 5.32 Å². The zero-order valence-electron chi connectivity index (χ0n) is 18.7. The molecule has 0 saturated carbocycles. The maximum Gasteiger partial charge on any atom is 0.389 e. The Hall–Kier alpha value is -4.21. The fourth-order valence-corrected chi connectivity index (χ4v) is 3.95. The van der Waals surface area contributed by atoms with Gasteiger partial charge in [-0.15, -0.1) is 0 Å². The van der Waals surface area contributed by atoms with Gasteiger partial charge in [-0.3, -0.25) is 4.79 Å². The predicted molar refractivity (Wildman–Crippen MR) is 122 cm³/mol. The van der Waals surface area contributed by atoms with Gasteiger partial charge in [0.1, 0.15) is 23.0 Å². The first-order valence-electron chi connectivity index (χ1n) is 10.7. The Morgan fingerprint density at radius 2 is 1.64 bits per heavy atom. The number of fused-ring (bicyclic) bond motifs is 1. The van der Waals surface area contributed by atoms with E-state index in [1.54, 1.807) is 0 Å². The quantitative estimate of drug-likeness (QED) is 0.291. The van der Waals surface area contributed by atoms with Crippen LogP contribution in [0.1, 0.15) is 32.7 Å². The van der Waals surface area contributed by atoms with Crippen LogP contribution in [0.4, 0.5) is 22.0 Å². The number of rotatable bonds is 6. The minimum atomic E-state index is -4.48. The largest absolute Gasteiger partial charge is 0.478 e. The summed E-state index contributed by atoms with van der Waals surface area (Å²) in [5.41, 5.74) is 0.370. The first-order valence-corrected chi connectivity index (χ1v) is 10.7. The number of nitrogens with one attached hydrogen (secondary N) is 1. The monoisotopic (exact) mass is 503 g/mol. The van der Waals surface area contributed by atoms with Crippen molar-refractivity contribution in [3.63, 3.8) is 0 Å². The average molecular weight is 503 g/mol. The second kappa shape index (κ2) is 9.44. The summed E-state index contributed by atoms with van der Waals surface area (Å²) in [5, 5.41) is 12.0. The van der Waals surface area contributed by atoms with E-state index < -0.39 is 48.1 Å². The molecule has 0 aliphatic heterocycles. The molecule has 1 heterocycles. The van der Waals surface area contributed by atoms with Crippen molar-refractivity contribution in [2.75, 3.05) is 7.05 Å². The number of alkyl halides is 3. The van der Waals surface area contributed by atoms with Gasteiger partial charge < -0.3 is 14.8 Å². The minimum Gasteiger partial charge on any atom is -0.478 e. The highest BCUT2D eigenvalue weighted by Gasteiger charge is 2.29. The molecule has 1 amide bonds. The molecule has 5 nitrogen and oxygen atoms in total. The molecule has 0 aliphatic carbocycles. The number of hydrogen-bond acceptors (Lipinski definition) is 3. The number of halogens is 5. The van der Waals surface area contributed by atoms with Gasteiger partial charge in [0.2, 0.25) is 0 Å². The molecule has 0 bridgehead atoms. The van der Waals surface area contributed by atoms with E-state index in [2.05, 4.69) is 5.32 Å². The minimum absolute atomic E-state index is 0.0586. The van der Waals surface area contributed by atoms with Crippen molar-refractivity contribution in [1.82, 2.24) is 5.32 Å². The number of aromatic carboxylic acids is 1. The van der Waals surface area contributed by atoms with Gasteiger partial charge in [0.15, 0.2) is 0 Å². The lowest BCUT2D eigenvalue weighted by Crippen LogP contribution is -2.18. The summed E-state index contributed by atoms with van der Waals surface area (Å²) >= 11 is 0. The molecule has 0 spiro atoms. The van der Waals surface area contributed by atoms with E-state index in [4.69, 9.17) is 4.42 Å². The van der Waals surface area contributed by atoms with E-state index in [1.807, 2.05) is 0 Å². The molecule has 3 aromatic carbocycles. The van der Waals surface area contributed by atoms with Crippen molar-refractivity contribution in [2.24, 2.45) is 0 Å². The van der Waals surface area contributed by atoms with Crippen LogP contribution in [-0.4, -0.2) is 30.2 Å². The first-order chi connectivity index (χ1) is 17.0. The van der Waals surface area contributed by atoms with E-state index in [1.165, 1.54) is 49.5 Å². The molecule has 0 fully saturated rings. The maximum absolute atomic E-state index is 14.0. The Labute approximate surface area is 201 Å². The molecule has 1 aromatic heterocycles. The fraction of sp³-hybridized carbons (Fsp3) is 0.154. The van der Waals surface area contributed by atoms with Gasteiger partial charge in [-0.25, -0.2) is 13.6 Å². The van der Waals surface area contributed by atoms with Crippen LogP contribution in [0.2, 0.25) is 0 Å². The maximum atomic E-state index is 14.0. The van der Waals surface area contributed by atoms with Gasteiger partial charge in [0.25, 0.3) is 5.91 Å². The zero-order valence-corrected chi connectivity index (χ0v) is 18.7. The summed E-state index contributed by atoms with van der Waals surface area (Å²) in [6.45, 7) is 0. The number of amides is 1. The second-order valence-corrected chi connectivity index (χ2v) is 8.01. The molecular weight excluding hydrogens is 485 g/mol. The molecular formula is C26H18F5NO4. The van der Waals surface area contributed by atoms with Gasteiger partial charge in [0, 0.05) is 24.4 Å². The molecule has 0 saturated heterocycles. The Kier molecular flexibility index (Phi) is 6.53. The average Bonchev–Trinajstić information content (AvgIpc) is 3.20. The number of carbonyl (C=O) groups excluding carboxylic acids is 1. The topological polar surface area (TPSA) is 79.5 Å². The van der Waals surface area contributed by atoms with Crippen LogP contribution in [0.15, 0.2) is 59.0 Å². The van der Waals surface area contributed by atoms with Crippen LogP contribution >= 0.6 is 0 Å². The molecule has 0 unspecified atom stereocenters. The second-order valence-electron chi connectivity index (χ2n) is 8.01. The van der Waals surface area contributed by atoms with E-state index in [0.717, 1.165) is 12.1 Å². The van der Waals surface area contributed by atoms with Gasteiger partial charge in [-0.2, -0.15) is 13.2 Å². The van der Waals surface area contributed by atoms with Crippen LogP contribution in [0.25, 0.3) is 33.4 Å². The third-order valence-corrected chi connectivity index (χ3v) is 5.66. The van der Waals surface area contributed by atoms with Gasteiger partial charge in [0.05, 0.1) is 11.1 Å². The molecule has 4 aromatic rings. The third kappa shape index (κ3) is 4.93. The van der Waals surface area contributed by atoms with E-state index >= 15 is 0 Å². The highest BCUT2D eigenvalue weighted by atomic mass is 19.4. The van der Waals surface area contributed by atoms with Crippen molar-refractivity contribution in [1.29, 1.82) is 0 Å². The first kappa shape index (κ1) is 24.9. The summed E-state index contributed by atoms with van der Waals surface area (Å²) in [4.78, 5) is 24.2. The number of aryl methyl sites for hydroxylation is 1. The van der Waals surface area contributed by atoms with Crippen molar-refractivity contribution >= 4 is 22.8 Å². The third-order valence-electron chi connectivity index (χ3n) is 5.66. The summed E-state index contributed by atoms with van der Waals surface area (Å²) in [6, 6.07) is 11.1. The van der Waals surface area contributed by atoms with Crippen molar-refractivity contribution in [3.05, 3.63) is 82.9 Å². The number of benzene rings is 3. The van der Waals surface area contributed by atoms with E-state index in [9.17, 15) is 36.6 Å². The van der Waals surface area contributed by atoms with Crippen LogP contribution in [0.3, 0.4) is 0 Å². The van der Waals surface area contributed by atoms with Crippen LogP contribution in [0.5, 0.6) is 0 Å². The molecule has 2 N–H and O–H groups in total.